The zero-order valence-electron chi connectivity index (χ0n) is 15.0. The van der Waals surface area contributed by atoms with Crippen molar-refractivity contribution in [1.29, 1.82) is 0 Å². The maximum Gasteiger partial charge on any atom is 0.416 e. The van der Waals surface area contributed by atoms with Gasteiger partial charge < -0.3 is 0 Å². The molecule has 0 saturated carbocycles. The third-order valence-electron chi connectivity index (χ3n) is 3.84. The summed E-state index contributed by atoms with van der Waals surface area (Å²) in [5.74, 6) is 0.118. The van der Waals surface area contributed by atoms with E-state index < -0.39 is 11.7 Å². The van der Waals surface area contributed by atoms with E-state index in [9.17, 15) is 13.2 Å². The van der Waals surface area contributed by atoms with Crippen molar-refractivity contribution in [3.8, 4) is 0 Å². The van der Waals surface area contributed by atoms with Crippen LogP contribution in [0.15, 0.2) is 29.3 Å². The molecule has 0 saturated heterocycles. The van der Waals surface area contributed by atoms with Crippen molar-refractivity contribution >= 4 is 5.71 Å². The first-order chi connectivity index (χ1) is 10.8. The molecule has 1 atom stereocenters. The molecule has 0 spiro atoms. The smallest absolute Gasteiger partial charge is 0.297 e. The largest absolute Gasteiger partial charge is 0.416 e. The minimum atomic E-state index is -4.27. The molecular weight excluding hydrogens is 299 g/mol. The Morgan fingerprint density at radius 1 is 1.00 bits per heavy atom. The number of hydrogen-bond acceptors (Lipinski definition) is 1. The summed E-state index contributed by atoms with van der Waals surface area (Å²) < 4.78 is 37.6. The van der Waals surface area contributed by atoms with Crippen LogP contribution < -0.4 is 0 Å². The average molecular weight is 329 g/mol. The van der Waals surface area contributed by atoms with Crippen molar-refractivity contribution < 1.29 is 13.2 Å². The Morgan fingerprint density at radius 3 is 1.87 bits per heavy atom. The number of alkyl halides is 3. The molecule has 0 amide bonds. The lowest BCUT2D eigenvalue weighted by molar-refractivity contribution is -0.137. The molecule has 0 N–H and O–H groups in total. The molecule has 0 aliphatic carbocycles. The van der Waals surface area contributed by atoms with Gasteiger partial charge in [-0.05, 0) is 31.0 Å². The van der Waals surface area contributed by atoms with E-state index in [1.54, 1.807) is 19.2 Å². The van der Waals surface area contributed by atoms with Crippen LogP contribution in [-0.2, 0) is 6.18 Å². The van der Waals surface area contributed by atoms with Gasteiger partial charge in [-0.2, -0.15) is 13.2 Å². The minimum absolute atomic E-state index is 0.118. The van der Waals surface area contributed by atoms with Gasteiger partial charge in [0.2, 0.25) is 0 Å². The third-order valence-corrected chi connectivity index (χ3v) is 3.84. The fourth-order valence-corrected chi connectivity index (χ4v) is 2.09. The number of hydrogen-bond donors (Lipinski definition) is 0. The normalized spacial score (nSPS) is 13.3. The molecule has 0 aliphatic rings. The topological polar surface area (TPSA) is 12.4 Å². The van der Waals surface area contributed by atoms with Gasteiger partial charge in [0.1, 0.15) is 0 Å². The third kappa shape index (κ3) is 8.19. The second kappa shape index (κ2) is 11.3. The summed E-state index contributed by atoms with van der Waals surface area (Å²) in [6.45, 7) is 8.39. The van der Waals surface area contributed by atoms with Crippen molar-refractivity contribution in [2.45, 2.75) is 71.9 Å². The minimum Gasteiger partial charge on any atom is -0.297 e. The van der Waals surface area contributed by atoms with Gasteiger partial charge in [-0.3, -0.25) is 4.99 Å². The highest BCUT2D eigenvalue weighted by Crippen LogP contribution is 2.31. The number of benzene rings is 1. The van der Waals surface area contributed by atoms with E-state index >= 15 is 0 Å². The summed E-state index contributed by atoms with van der Waals surface area (Å²) >= 11 is 0. The summed E-state index contributed by atoms with van der Waals surface area (Å²) in [7, 11) is 1.72. The van der Waals surface area contributed by atoms with Crippen molar-refractivity contribution in [2.24, 2.45) is 4.99 Å². The monoisotopic (exact) mass is 329 g/mol. The van der Waals surface area contributed by atoms with Gasteiger partial charge in [0.15, 0.2) is 0 Å². The zero-order valence-corrected chi connectivity index (χ0v) is 15.0. The first kappa shape index (κ1) is 21.7. The van der Waals surface area contributed by atoms with E-state index in [1.165, 1.54) is 12.8 Å². The van der Waals surface area contributed by atoms with Gasteiger partial charge in [0, 0.05) is 18.7 Å². The molecule has 0 bridgehead atoms. The fourth-order valence-electron chi connectivity index (χ4n) is 2.09. The summed E-state index contributed by atoms with van der Waals surface area (Å²) in [6, 6.07) is 5.43. The second-order valence-corrected chi connectivity index (χ2v) is 5.68. The standard InChI is InChI=1S/C15H20F3N.C4H10/c1-4-5-6-14(11(2)19-3)12-7-9-13(10-8-12)15(16,17)18;1-3-4-2/h7-10,14H,4-6H2,1-3H3;3-4H2,1-2H3. The molecule has 0 aliphatic heterocycles. The number of rotatable bonds is 6. The lowest BCUT2D eigenvalue weighted by Gasteiger charge is -2.17. The number of aliphatic imine (C=N–C) groups is 1. The second-order valence-electron chi connectivity index (χ2n) is 5.68. The van der Waals surface area contributed by atoms with E-state index in [4.69, 9.17) is 0 Å². The van der Waals surface area contributed by atoms with Gasteiger partial charge in [-0.15, -0.1) is 0 Å². The van der Waals surface area contributed by atoms with Crippen molar-refractivity contribution in [2.75, 3.05) is 7.05 Å². The summed E-state index contributed by atoms with van der Waals surface area (Å²) in [4.78, 5) is 4.18. The van der Waals surface area contributed by atoms with Crippen LogP contribution in [0.3, 0.4) is 0 Å². The van der Waals surface area contributed by atoms with E-state index in [0.29, 0.717) is 0 Å². The predicted octanol–water partition coefficient (Wildman–Crippen LogP) is 6.88. The molecule has 1 unspecified atom stereocenters. The number of halogens is 3. The molecule has 23 heavy (non-hydrogen) atoms. The summed E-state index contributed by atoms with van der Waals surface area (Å²) in [6.07, 6.45) is 1.39. The van der Waals surface area contributed by atoms with Crippen molar-refractivity contribution in [1.82, 2.24) is 0 Å². The predicted molar refractivity (Wildman–Crippen MR) is 93.3 cm³/mol. The van der Waals surface area contributed by atoms with E-state index in [1.807, 2.05) is 6.92 Å². The zero-order chi connectivity index (χ0) is 17.9. The number of unbranched alkanes of at least 4 members (excludes halogenated alkanes) is 2. The maximum absolute atomic E-state index is 12.5. The van der Waals surface area contributed by atoms with Crippen LogP contribution in [0.2, 0.25) is 0 Å². The van der Waals surface area contributed by atoms with Gasteiger partial charge in [-0.25, -0.2) is 0 Å². The highest BCUT2D eigenvalue weighted by molar-refractivity contribution is 5.88. The van der Waals surface area contributed by atoms with Crippen LogP contribution in [0, 0.1) is 0 Å². The van der Waals surface area contributed by atoms with Crippen molar-refractivity contribution in [3.05, 3.63) is 35.4 Å². The highest BCUT2D eigenvalue weighted by atomic mass is 19.4. The maximum atomic E-state index is 12.5. The molecule has 1 rings (SSSR count). The molecule has 1 nitrogen and oxygen atoms in total. The Hall–Kier alpha value is -1.32. The molecule has 0 radical (unpaired) electrons. The van der Waals surface area contributed by atoms with E-state index in [0.717, 1.165) is 42.7 Å². The Labute approximate surface area is 139 Å². The van der Waals surface area contributed by atoms with E-state index in [-0.39, 0.29) is 5.92 Å². The van der Waals surface area contributed by atoms with Crippen LogP contribution in [0.25, 0.3) is 0 Å². The van der Waals surface area contributed by atoms with Crippen LogP contribution in [0.5, 0.6) is 0 Å². The Kier molecular flexibility index (Phi) is 10.6. The van der Waals surface area contributed by atoms with Gasteiger partial charge in [0.25, 0.3) is 0 Å². The van der Waals surface area contributed by atoms with Crippen molar-refractivity contribution in [3.63, 3.8) is 0 Å². The first-order valence-electron chi connectivity index (χ1n) is 8.42. The number of nitrogens with zero attached hydrogens (tertiary/aromatic N) is 1. The quantitative estimate of drug-likeness (QED) is 0.505. The van der Waals surface area contributed by atoms with Crippen LogP contribution in [-0.4, -0.2) is 12.8 Å². The average Bonchev–Trinajstić information content (AvgIpc) is 2.54. The Balaban J connectivity index is 0.00000108. The fraction of sp³-hybridized carbons (Fsp3) is 0.632. The highest BCUT2D eigenvalue weighted by Gasteiger charge is 2.30. The Bertz CT molecular complexity index is 445. The van der Waals surface area contributed by atoms with Gasteiger partial charge in [0.05, 0.1) is 5.56 Å². The molecule has 0 heterocycles. The summed E-state index contributed by atoms with van der Waals surface area (Å²) in [5, 5.41) is 0. The lowest BCUT2D eigenvalue weighted by atomic mass is 9.89. The molecule has 1 aromatic rings. The molecular formula is C19H30F3N. The summed E-state index contributed by atoms with van der Waals surface area (Å²) in [5.41, 5.74) is 1.27. The van der Waals surface area contributed by atoms with Crippen LogP contribution in [0.1, 0.15) is 76.8 Å². The molecule has 0 aromatic heterocycles. The van der Waals surface area contributed by atoms with Crippen LogP contribution >= 0.6 is 0 Å². The molecule has 1 aromatic carbocycles. The van der Waals surface area contributed by atoms with Gasteiger partial charge in [-0.1, -0.05) is 58.6 Å². The first-order valence-corrected chi connectivity index (χ1v) is 8.42. The molecule has 132 valence electrons. The van der Waals surface area contributed by atoms with Crippen LogP contribution in [0.4, 0.5) is 13.2 Å². The van der Waals surface area contributed by atoms with E-state index in [2.05, 4.69) is 25.8 Å². The van der Waals surface area contributed by atoms with Gasteiger partial charge >= 0.3 is 6.18 Å². The molecule has 4 heteroatoms. The Morgan fingerprint density at radius 2 is 1.52 bits per heavy atom. The SMILES string of the molecule is CCCC.CCCCC(C(C)=NC)c1ccc(C(F)(F)F)cc1. The lowest BCUT2D eigenvalue weighted by Crippen LogP contribution is -2.11. The molecule has 0 fully saturated rings.